The second-order valence-electron chi connectivity index (χ2n) is 5.97. The van der Waals surface area contributed by atoms with Gasteiger partial charge in [0.05, 0.1) is 7.11 Å². The number of aromatic amines is 1. The van der Waals surface area contributed by atoms with Crippen LogP contribution in [0.2, 0.25) is 0 Å². The first-order valence-corrected chi connectivity index (χ1v) is 9.42. The van der Waals surface area contributed by atoms with Crippen molar-refractivity contribution in [1.29, 1.82) is 0 Å². The van der Waals surface area contributed by atoms with Gasteiger partial charge in [0.2, 0.25) is 0 Å². The molecule has 0 amide bonds. The van der Waals surface area contributed by atoms with E-state index in [4.69, 9.17) is 10.5 Å². The molecule has 0 unspecified atom stereocenters. The molecule has 0 bridgehead atoms. The zero-order valence-electron chi connectivity index (χ0n) is 15.3. The molecule has 0 atom stereocenters. The summed E-state index contributed by atoms with van der Waals surface area (Å²) in [6, 6.07) is 5.70. The number of nitrogens with zero attached hydrogens (tertiary/aromatic N) is 2. The smallest absolute Gasteiger partial charge is 0.330 e. The number of anilines is 2. The lowest BCUT2D eigenvalue weighted by molar-refractivity contribution is 0.409. The van der Waals surface area contributed by atoms with E-state index in [0.717, 1.165) is 28.6 Å². The molecule has 1 aromatic heterocycles. The van der Waals surface area contributed by atoms with Crippen molar-refractivity contribution in [1.82, 2.24) is 9.55 Å². The molecule has 142 valence electrons. The summed E-state index contributed by atoms with van der Waals surface area (Å²) in [5.74, 6) is 0.920. The van der Waals surface area contributed by atoms with Crippen molar-refractivity contribution in [3.63, 3.8) is 0 Å². The molecule has 0 radical (unpaired) electrons. The molecular weight excluding hydrogens is 400 g/mol. The zero-order chi connectivity index (χ0) is 19.3. The quantitative estimate of drug-likeness (QED) is 0.679. The van der Waals surface area contributed by atoms with Crippen molar-refractivity contribution in [2.24, 2.45) is 0 Å². The molecule has 0 aliphatic heterocycles. The Morgan fingerprint density at radius 2 is 2.04 bits per heavy atom. The van der Waals surface area contributed by atoms with Gasteiger partial charge in [-0.15, -0.1) is 0 Å². The van der Waals surface area contributed by atoms with Gasteiger partial charge in [0.25, 0.3) is 5.56 Å². The first-order chi connectivity index (χ1) is 12.4. The number of nitrogens with two attached hydrogens (primary N) is 1. The maximum atomic E-state index is 12.5. The molecule has 3 N–H and O–H groups in total. The van der Waals surface area contributed by atoms with Crippen LogP contribution in [0.1, 0.15) is 32.3 Å². The van der Waals surface area contributed by atoms with Gasteiger partial charge in [-0.1, -0.05) is 29.3 Å². The maximum absolute atomic E-state index is 12.5. The average Bonchev–Trinajstić information content (AvgIpc) is 2.60. The number of hydrogen-bond donors (Lipinski definition) is 2. The number of rotatable bonds is 8. The number of nitrogen functional groups attached to an aromatic ring is 1. The van der Waals surface area contributed by atoms with Gasteiger partial charge in [-0.05, 0) is 31.5 Å². The summed E-state index contributed by atoms with van der Waals surface area (Å²) in [6.45, 7) is 5.42. The summed E-state index contributed by atoms with van der Waals surface area (Å²) in [5.41, 5.74) is 6.49. The molecule has 0 fully saturated rings. The standard InChI is InChI=1S/C18H25BrN4O3/c1-4-6-9-23-16(20)15(17(24)21-18(23)25)22(5-2)11-12-10-13(19)7-8-14(12)26-3/h7-8,10H,4-6,9,11,20H2,1-3H3,(H,21,24,25). The largest absolute Gasteiger partial charge is 0.496 e. The van der Waals surface area contributed by atoms with E-state index in [-0.39, 0.29) is 5.82 Å². The Morgan fingerprint density at radius 1 is 1.31 bits per heavy atom. The third-order valence-electron chi connectivity index (χ3n) is 4.25. The lowest BCUT2D eigenvalue weighted by atomic mass is 10.1. The van der Waals surface area contributed by atoms with Crippen molar-refractivity contribution in [3.05, 3.63) is 49.1 Å². The van der Waals surface area contributed by atoms with Gasteiger partial charge in [-0.2, -0.15) is 0 Å². The van der Waals surface area contributed by atoms with E-state index in [2.05, 4.69) is 20.9 Å². The van der Waals surface area contributed by atoms with Crippen molar-refractivity contribution >= 4 is 27.4 Å². The van der Waals surface area contributed by atoms with E-state index >= 15 is 0 Å². The minimum absolute atomic E-state index is 0.197. The minimum Gasteiger partial charge on any atom is -0.496 e. The summed E-state index contributed by atoms with van der Waals surface area (Å²) in [7, 11) is 1.61. The lowest BCUT2D eigenvalue weighted by Gasteiger charge is -2.25. The monoisotopic (exact) mass is 424 g/mol. The highest BCUT2D eigenvalue weighted by atomic mass is 79.9. The second kappa shape index (κ2) is 8.93. The fourth-order valence-electron chi connectivity index (χ4n) is 2.85. The van der Waals surface area contributed by atoms with E-state index in [9.17, 15) is 9.59 Å². The predicted octanol–water partition coefficient (Wildman–Crippen LogP) is 2.72. The van der Waals surface area contributed by atoms with Crippen molar-refractivity contribution in [3.8, 4) is 5.75 Å². The molecule has 0 saturated heterocycles. The molecule has 1 aromatic carbocycles. The summed E-state index contributed by atoms with van der Waals surface area (Å²) in [6.07, 6.45) is 1.73. The third-order valence-corrected chi connectivity index (χ3v) is 4.74. The molecule has 0 aliphatic rings. The number of ether oxygens (including phenoxy) is 1. The molecule has 7 nitrogen and oxygen atoms in total. The Labute approximate surface area is 160 Å². The van der Waals surface area contributed by atoms with Gasteiger partial charge in [0, 0.05) is 29.7 Å². The Hall–Kier alpha value is -2.22. The summed E-state index contributed by atoms with van der Waals surface area (Å²) < 4.78 is 7.77. The number of benzene rings is 1. The first kappa shape index (κ1) is 20.1. The number of nitrogens with one attached hydrogen (secondary N) is 1. The number of halogens is 1. The van der Waals surface area contributed by atoms with E-state index in [1.807, 2.05) is 36.9 Å². The van der Waals surface area contributed by atoms with Crippen LogP contribution in [0.5, 0.6) is 5.75 Å². The fourth-order valence-corrected chi connectivity index (χ4v) is 3.25. The molecule has 26 heavy (non-hydrogen) atoms. The van der Waals surface area contributed by atoms with Crippen LogP contribution in [0.25, 0.3) is 0 Å². The number of hydrogen-bond acceptors (Lipinski definition) is 5. The van der Waals surface area contributed by atoms with E-state index in [1.165, 1.54) is 4.57 Å². The normalized spacial score (nSPS) is 10.8. The topological polar surface area (TPSA) is 93.3 Å². The first-order valence-electron chi connectivity index (χ1n) is 8.62. The molecule has 0 spiro atoms. The van der Waals surface area contributed by atoms with Crippen LogP contribution in [0.3, 0.4) is 0 Å². The number of H-pyrrole nitrogens is 1. The Bertz CT molecular complexity index is 876. The van der Waals surface area contributed by atoms with Gasteiger partial charge >= 0.3 is 5.69 Å². The van der Waals surface area contributed by atoms with E-state index < -0.39 is 11.2 Å². The summed E-state index contributed by atoms with van der Waals surface area (Å²) in [5, 5.41) is 0. The molecular formula is C18H25BrN4O3. The molecule has 8 heteroatoms. The van der Waals surface area contributed by atoms with Crippen molar-refractivity contribution in [2.75, 3.05) is 24.3 Å². The highest BCUT2D eigenvalue weighted by molar-refractivity contribution is 9.10. The summed E-state index contributed by atoms with van der Waals surface area (Å²) >= 11 is 3.46. The predicted molar refractivity (Wildman–Crippen MR) is 108 cm³/mol. The molecule has 0 aliphatic carbocycles. The van der Waals surface area contributed by atoms with Crippen LogP contribution >= 0.6 is 15.9 Å². The fraction of sp³-hybridized carbons (Fsp3) is 0.444. The lowest BCUT2D eigenvalue weighted by Crippen LogP contribution is -2.38. The molecule has 2 aromatic rings. The third kappa shape index (κ3) is 4.30. The Kier molecular flexibility index (Phi) is 6.90. The number of unbranched alkanes of at least 4 members (excludes halogenated alkanes) is 1. The van der Waals surface area contributed by atoms with E-state index in [0.29, 0.717) is 25.3 Å². The van der Waals surface area contributed by atoms with Gasteiger partial charge in [-0.25, -0.2) is 4.79 Å². The van der Waals surface area contributed by atoms with Gasteiger partial charge < -0.3 is 15.4 Å². The van der Waals surface area contributed by atoms with Crippen LogP contribution < -0.4 is 26.6 Å². The maximum Gasteiger partial charge on any atom is 0.330 e. The van der Waals surface area contributed by atoms with Gasteiger partial charge in [-0.3, -0.25) is 14.3 Å². The highest BCUT2D eigenvalue weighted by Gasteiger charge is 2.19. The van der Waals surface area contributed by atoms with E-state index in [1.54, 1.807) is 7.11 Å². The van der Waals surface area contributed by atoms with Crippen LogP contribution in [-0.4, -0.2) is 23.2 Å². The van der Waals surface area contributed by atoms with Crippen LogP contribution in [0, 0.1) is 0 Å². The van der Waals surface area contributed by atoms with Crippen LogP contribution in [0.15, 0.2) is 32.3 Å². The van der Waals surface area contributed by atoms with Crippen LogP contribution in [-0.2, 0) is 13.1 Å². The van der Waals surface area contributed by atoms with Gasteiger partial charge in [0.1, 0.15) is 17.3 Å². The highest BCUT2D eigenvalue weighted by Crippen LogP contribution is 2.27. The van der Waals surface area contributed by atoms with Crippen LogP contribution in [0.4, 0.5) is 11.5 Å². The average molecular weight is 425 g/mol. The van der Waals surface area contributed by atoms with Gasteiger partial charge in [0.15, 0.2) is 0 Å². The van der Waals surface area contributed by atoms with Crippen molar-refractivity contribution < 1.29 is 4.74 Å². The van der Waals surface area contributed by atoms with Crippen molar-refractivity contribution in [2.45, 2.75) is 39.8 Å². The number of methoxy groups -OCH3 is 1. The Morgan fingerprint density at radius 3 is 2.65 bits per heavy atom. The molecule has 2 rings (SSSR count). The second-order valence-corrected chi connectivity index (χ2v) is 6.88. The molecule has 1 heterocycles. The Balaban J connectivity index is 2.49. The summed E-state index contributed by atoms with van der Waals surface area (Å²) in [4.78, 5) is 28.8. The number of aromatic nitrogens is 2. The molecule has 0 saturated carbocycles. The SMILES string of the molecule is CCCCn1c(N)c(N(CC)Cc2cc(Br)ccc2OC)c(=O)[nH]c1=O. The minimum atomic E-state index is -0.476. The zero-order valence-corrected chi connectivity index (χ0v) is 16.9.